The van der Waals surface area contributed by atoms with Gasteiger partial charge in [-0.05, 0) is 43.9 Å². The van der Waals surface area contributed by atoms with Crippen molar-refractivity contribution < 1.29 is 23.8 Å². The summed E-state index contributed by atoms with van der Waals surface area (Å²) in [6.07, 6.45) is 4.90. The first-order chi connectivity index (χ1) is 15.0. The molecule has 4 rings (SSSR count). The van der Waals surface area contributed by atoms with Crippen molar-refractivity contribution in [1.29, 1.82) is 0 Å². The maximum atomic E-state index is 12.9. The van der Waals surface area contributed by atoms with E-state index in [2.05, 4.69) is 12.2 Å². The lowest BCUT2D eigenvalue weighted by Crippen LogP contribution is -2.41. The summed E-state index contributed by atoms with van der Waals surface area (Å²) in [5, 5.41) is 7.96. The summed E-state index contributed by atoms with van der Waals surface area (Å²) in [5.74, 6) is -0.0792. The zero-order chi connectivity index (χ0) is 21.8. The molecule has 0 saturated carbocycles. The summed E-state index contributed by atoms with van der Waals surface area (Å²) in [6.45, 7) is 8.50. The standard InChI is InChI=1S/C23H35N3O5/c1-3-18-20-19(12-23(15-24-21(20)27)6-10-30-11-7-23)26(25-18)13-16(2)14-31-22(28)17-4-8-29-9-5-17/h16-17H,3-15H2,1-2H3,(H,24,27)/t16-/m1/s1. The highest BCUT2D eigenvalue weighted by atomic mass is 16.5. The smallest absolute Gasteiger partial charge is 0.309 e. The molecule has 4 heterocycles. The van der Waals surface area contributed by atoms with Crippen molar-refractivity contribution >= 4 is 11.9 Å². The zero-order valence-electron chi connectivity index (χ0n) is 18.8. The maximum Gasteiger partial charge on any atom is 0.309 e. The number of nitrogens with zero attached hydrogens (tertiary/aromatic N) is 2. The molecule has 0 unspecified atom stereocenters. The lowest BCUT2D eigenvalue weighted by Gasteiger charge is -2.36. The van der Waals surface area contributed by atoms with E-state index in [1.165, 1.54) is 0 Å². The number of aryl methyl sites for hydroxylation is 1. The van der Waals surface area contributed by atoms with Gasteiger partial charge in [0.05, 0.1) is 29.5 Å². The number of rotatable bonds is 6. The summed E-state index contributed by atoms with van der Waals surface area (Å²) in [7, 11) is 0. The molecule has 0 aliphatic carbocycles. The van der Waals surface area contributed by atoms with Gasteiger partial charge in [-0.2, -0.15) is 5.10 Å². The number of hydrogen-bond acceptors (Lipinski definition) is 6. The van der Waals surface area contributed by atoms with Gasteiger partial charge in [-0.25, -0.2) is 0 Å². The number of carbonyl (C=O) groups excluding carboxylic acids is 2. The highest BCUT2D eigenvalue weighted by Crippen LogP contribution is 2.37. The summed E-state index contributed by atoms with van der Waals surface area (Å²) in [5.41, 5.74) is 2.65. The molecule has 1 spiro atoms. The van der Waals surface area contributed by atoms with Crippen LogP contribution in [0.3, 0.4) is 0 Å². The Labute approximate surface area is 184 Å². The molecular weight excluding hydrogens is 398 g/mol. The third-order valence-electron chi connectivity index (χ3n) is 6.96. The lowest BCUT2D eigenvalue weighted by atomic mass is 9.76. The molecule has 2 saturated heterocycles. The van der Waals surface area contributed by atoms with Crippen molar-refractivity contribution in [2.24, 2.45) is 17.3 Å². The van der Waals surface area contributed by atoms with Crippen molar-refractivity contribution in [1.82, 2.24) is 15.1 Å². The van der Waals surface area contributed by atoms with Gasteiger partial charge >= 0.3 is 5.97 Å². The molecule has 31 heavy (non-hydrogen) atoms. The molecular formula is C23H35N3O5. The van der Waals surface area contributed by atoms with E-state index in [9.17, 15) is 9.59 Å². The Kier molecular flexibility index (Phi) is 6.96. The minimum atomic E-state index is -0.121. The van der Waals surface area contributed by atoms with Crippen LogP contribution in [-0.2, 0) is 38.4 Å². The molecule has 1 atom stereocenters. The van der Waals surface area contributed by atoms with Crippen LogP contribution in [0.25, 0.3) is 0 Å². The minimum absolute atomic E-state index is 0.0138. The average molecular weight is 434 g/mol. The van der Waals surface area contributed by atoms with E-state index in [0.29, 0.717) is 39.3 Å². The van der Waals surface area contributed by atoms with Crippen molar-refractivity contribution in [2.75, 3.05) is 39.6 Å². The molecule has 2 fully saturated rings. The van der Waals surface area contributed by atoms with Crippen LogP contribution in [0.15, 0.2) is 0 Å². The summed E-state index contributed by atoms with van der Waals surface area (Å²) in [6, 6.07) is 0. The van der Waals surface area contributed by atoms with E-state index < -0.39 is 0 Å². The van der Waals surface area contributed by atoms with Crippen molar-refractivity contribution in [3.05, 3.63) is 17.0 Å². The lowest BCUT2D eigenvalue weighted by molar-refractivity contribution is -0.153. The number of nitrogens with one attached hydrogen (secondary N) is 1. The average Bonchev–Trinajstić information content (AvgIpc) is 3.06. The molecule has 1 N–H and O–H groups in total. The van der Waals surface area contributed by atoms with Gasteiger partial charge in [0, 0.05) is 45.4 Å². The Bertz CT molecular complexity index is 793. The largest absolute Gasteiger partial charge is 0.465 e. The normalized spacial score (nSPS) is 22.5. The fourth-order valence-corrected chi connectivity index (χ4v) is 4.95. The molecule has 1 amide bonds. The SMILES string of the molecule is CCc1nn(C[C@@H](C)COC(=O)C2CCOCC2)c2c1C(=O)NCC1(CCOCC1)C2. The Morgan fingerprint density at radius 3 is 2.68 bits per heavy atom. The molecule has 8 nitrogen and oxygen atoms in total. The number of fused-ring (bicyclic) bond motifs is 1. The van der Waals surface area contributed by atoms with E-state index in [1.807, 2.05) is 11.6 Å². The van der Waals surface area contributed by atoms with Crippen LogP contribution >= 0.6 is 0 Å². The second-order valence-corrected chi connectivity index (χ2v) is 9.40. The molecule has 8 heteroatoms. The number of hydrogen-bond donors (Lipinski definition) is 1. The van der Waals surface area contributed by atoms with E-state index in [1.54, 1.807) is 0 Å². The number of amides is 1. The molecule has 0 radical (unpaired) electrons. The second-order valence-electron chi connectivity index (χ2n) is 9.40. The zero-order valence-corrected chi connectivity index (χ0v) is 18.8. The molecule has 1 aromatic heterocycles. The fraction of sp³-hybridized carbons (Fsp3) is 0.783. The first-order valence-corrected chi connectivity index (χ1v) is 11.7. The molecule has 3 aliphatic rings. The van der Waals surface area contributed by atoms with Crippen molar-refractivity contribution in [2.45, 2.75) is 58.9 Å². The highest BCUT2D eigenvalue weighted by Gasteiger charge is 2.39. The second kappa shape index (κ2) is 9.69. The topological polar surface area (TPSA) is 91.7 Å². The highest BCUT2D eigenvalue weighted by molar-refractivity contribution is 5.97. The van der Waals surface area contributed by atoms with Gasteiger partial charge in [-0.1, -0.05) is 13.8 Å². The molecule has 3 aliphatic heterocycles. The quantitative estimate of drug-likeness (QED) is 0.691. The Morgan fingerprint density at radius 1 is 1.26 bits per heavy atom. The Balaban J connectivity index is 1.47. The van der Waals surface area contributed by atoms with Crippen LogP contribution in [0.5, 0.6) is 0 Å². The fourth-order valence-electron chi connectivity index (χ4n) is 4.95. The van der Waals surface area contributed by atoms with Crippen molar-refractivity contribution in [3.8, 4) is 0 Å². The number of aromatic nitrogens is 2. The van der Waals surface area contributed by atoms with Crippen LogP contribution in [-0.4, -0.2) is 61.2 Å². The predicted molar refractivity (Wildman–Crippen MR) is 114 cm³/mol. The third-order valence-corrected chi connectivity index (χ3v) is 6.96. The monoisotopic (exact) mass is 433 g/mol. The van der Waals surface area contributed by atoms with Gasteiger partial charge < -0.3 is 19.5 Å². The molecule has 172 valence electrons. The van der Waals surface area contributed by atoms with Crippen LogP contribution in [0.2, 0.25) is 0 Å². The van der Waals surface area contributed by atoms with Crippen LogP contribution in [0, 0.1) is 17.3 Å². The van der Waals surface area contributed by atoms with Crippen LogP contribution in [0.4, 0.5) is 0 Å². The first kappa shape index (κ1) is 22.3. The van der Waals surface area contributed by atoms with Crippen LogP contribution < -0.4 is 5.32 Å². The predicted octanol–water partition coefficient (Wildman–Crippen LogP) is 2.13. The van der Waals surface area contributed by atoms with Crippen LogP contribution in [0.1, 0.15) is 61.3 Å². The maximum absolute atomic E-state index is 12.9. The van der Waals surface area contributed by atoms with Crippen molar-refractivity contribution in [3.63, 3.8) is 0 Å². The van der Waals surface area contributed by atoms with Gasteiger partial charge in [0.25, 0.3) is 5.91 Å². The number of esters is 1. The minimum Gasteiger partial charge on any atom is -0.465 e. The third kappa shape index (κ3) is 4.95. The van der Waals surface area contributed by atoms with E-state index in [4.69, 9.17) is 19.3 Å². The van der Waals surface area contributed by atoms with Gasteiger partial charge in [0.1, 0.15) is 0 Å². The van der Waals surface area contributed by atoms with E-state index in [-0.39, 0.29) is 29.1 Å². The van der Waals surface area contributed by atoms with Gasteiger partial charge in [0.2, 0.25) is 0 Å². The van der Waals surface area contributed by atoms with Gasteiger partial charge in [0.15, 0.2) is 0 Å². The van der Waals surface area contributed by atoms with Gasteiger partial charge in [-0.3, -0.25) is 14.3 Å². The van der Waals surface area contributed by atoms with Gasteiger partial charge in [-0.15, -0.1) is 0 Å². The number of ether oxygens (including phenoxy) is 3. The van der Waals surface area contributed by atoms with E-state index in [0.717, 1.165) is 62.3 Å². The first-order valence-electron chi connectivity index (χ1n) is 11.7. The Hall–Kier alpha value is -1.93. The summed E-state index contributed by atoms with van der Waals surface area (Å²) < 4.78 is 18.5. The summed E-state index contributed by atoms with van der Waals surface area (Å²) in [4.78, 5) is 25.3. The summed E-state index contributed by atoms with van der Waals surface area (Å²) >= 11 is 0. The molecule has 0 bridgehead atoms. The van der Waals surface area contributed by atoms with E-state index >= 15 is 0 Å². The molecule has 0 aromatic carbocycles. The number of carbonyl (C=O) groups is 2. The Morgan fingerprint density at radius 2 is 1.97 bits per heavy atom. The molecule has 1 aromatic rings.